The van der Waals surface area contributed by atoms with Crippen molar-refractivity contribution in [3.8, 4) is 0 Å². The summed E-state index contributed by atoms with van der Waals surface area (Å²) in [5.74, 6) is 2.23. The highest BCUT2D eigenvalue weighted by molar-refractivity contribution is 7.99. The minimum atomic E-state index is -0.130. The van der Waals surface area contributed by atoms with Gasteiger partial charge < -0.3 is 15.5 Å². The first-order valence-electron chi connectivity index (χ1n) is 8.23. The van der Waals surface area contributed by atoms with E-state index in [0.717, 1.165) is 36.7 Å². The highest BCUT2D eigenvalue weighted by Gasteiger charge is 2.34. The first-order chi connectivity index (χ1) is 11.6. The number of nitrogens with one attached hydrogen (secondary N) is 2. The quantitative estimate of drug-likeness (QED) is 0.833. The zero-order chi connectivity index (χ0) is 16.9. The Morgan fingerprint density at radius 2 is 2.29 bits per heavy atom. The van der Waals surface area contributed by atoms with Crippen LogP contribution in [0.1, 0.15) is 18.4 Å². The van der Waals surface area contributed by atoms with Crippen molar-refractivity contribution in [2.45, 2.75) is 25.4 Å². The Labute approximate surface area is 151 Å². The van der Waals surface area contributed by atoms with Crippen molar-refractivity contribution in [3.05, 3.63) is 34.9 Å². The monoisotopic (exact) mass is 367 g/mol. The van der Waals surface area contributed by atoms with E-state index in [-0.39, 0.29) is 23.8 Å². The molecule has 130 valence electrons. The summed E-state index contributed by atoms with van der Waals surface area (Å²) < 4.78 is 0. The summed E-state index contributed by atoms with van der Waals surface area (Å²) in [6, 6.07) is 7.34. The van der Waals surface area contributed by atoms with E-state index in [1.165, 1.54) is 0 Å². The molecule has 2 amide bonds. The van der Waals surface area contributed by atoms with Crippen LogP contribution in [-0.2, 0) is 16.1 Å². The molecule has 1 aromatic rings. The molecule has 0 bridgehead atoms. The van der Waals surface area contributed by atoms with Crippen LogP contribution in [0.3, 0.4) is 0 Å². The summed E-state index contributed by atoms with van der Waals surface area (Å²) in [4.78, 5) is 26.4. The molecule has 2 fully saturated rings. The van der Waals surface area contributed by atoms with Gasteiger partial charge in [-0.3, -0.25) is 9.59 Å². The third kappa shape index (κ3) is 4.65. The van der Waals surface area contributed by atoms with E-state index in [1.54, 1.807) is 11.8 Å². The van der Waals surface area contributed by atoms with E-state index in [1.807, 2.05) is 29.2 Å². The predicted molar refractivity (Wildman–Crippen MR) is 96.9 cm³/mol. The van der Waals surface area contributed by atoms with Gasteiger partial charge in [0.2, 0.25) is 11.8 Å². The van der Waals surface area contributed by atoms with E-state index in [0.29, 0.717) is 18.0 Å². The van der Waals surface area contributed by atoms with Crippen LogP contribution < -0.4 is 10.6 Å². The standard InChI is InChI=1S/C17H22ClN3O2S/c18-14-3-1-2-12(6-14)9-20-16(22)8-13-7-15(19-10-13)17(23)21-4-5-24-11-21/h1-3,6,13,15,19H,4-5,7-11H2,(H,20,22). The number of benzene rings is 1. The lowest BCUT2D eigenvalue weighted by Crippen LogP contribution is -2.42. The zero-order valence-electron chi connectivity index (χ0n) is 13.5. The van der Waals surface area contributed by atoms with Gasteiger partial charge in [-0.15, -0.1) is 11.8 Å². The Morgan fingerprint density at radius 1 is 1.42 bits per heavy atom. The van der Waals surface area contributed by atoms with E-state index in [9.17, 15) is 9.59 Å². The van der Waals surface area contributed by atoms with Gasteiger partial charge in [0, 0.05) is 30.3 Å². The second-order valence-corrected chi connectivity index (χ2v) is 7.82. The van der Waals surface area contributed by atoms with Gasteiger partial charge in [0.25, 0.3) is 0 Å². The maximum Gasteiger partial charge on any atom is 0.240 e. The van der Waals surface area contributed by atoms with Crippen molar-refractivity contribution in [1.29, 1.82) is 0 Å². The molecular weight excluding hydrogens is 346 g/mol. The molecule has 0 spiro atoms. The fraction of sp³-hybridized carbons (Fsp3) is 0.529. The fourth-order valence-electron chi connectivity index (χ4n) is 3.14. The van der Waals surface area contributed by atoms with Crippen molar-refractivity contribution in [2.24, 2.45) is 5.92 Å². The van der Waals surface area contributed by atoms with Gasteiger partial charge in [0.15, 0.2) is 0 Å². The van der Waals surface area contributed by atoms with Crippen molar-refractivity contribution in [2.75, 3.05) is 24.7 Å². The molecule has 2 N–H and O–H groups in total. The maximum atomic E-state index is 12.4. The molecule has 1 aromatic carbocycles. The highest BCUT2D eigenvalue weighted by atomic mass is 35.5. The summed E-state index contributed by atoms with van der Waals surface area (Å²) >= 11 is 7.73. The number of carbonyl (C=O) groups is 2. The van der Waals surface area contributed by atoms with Gasteiger partial charge >= 0.3 is 0 Å². The van der Waals surface area contributed by atoms with Crippen molar-refractivity contribution < 1.29 is 9.59 Å². The number of hydrogen-bond donors (Lipinski definition) is 2. The zero-order valence-corrected chi connectivity index (χ0v) is 15.0. The molecule has 5 nitrogen and oxygen atoms in total. The molecule has 2 heterocycles. The number of rotatable bonds is 5. The summed E-state index contributed by atoms with van der Waals surface area (Å²) in [7, 11) is 0. The molecule has 7 heteroatoms. The van der Waals surface area contributed by atoms with Crippen LogP contribution in [0, 0.1) is 5.92 Å². The average molecular weight is 368 g/mol. The molecule has 2 unspecified atom stereocenters. The van der Waals surface area contributed by atoms with Crippen LogP contribution in [0.15, 0.2) is 24.3 Å². The van der Waals surface area contributed by atoms with Gasteiger partial charge in [-0.2, -0.15) is 0 Å². The van der Waals surface area contributed by atoms with Gasteiger partial charge in [-0.25, -0.2) is 0 Å². The Hall–Kier alpha value is -1.24. The van der Waals surface area contributed by atoms with Crippen LogP contribution in [0.25, 0.3) is 0 Å². The molecule has 0 aliphatic carbocycles. The van der Waals surface area contributed by atoms with E-state index < -0.39 is 0 Å². The van der Waals surface area contributed by atoms with Gasteiger partial charge in [0.1, 0.15) is 0 Å². The SMILES string of the molecule is O=C(CC1CNC(C(=O)N2CCSC2)C1)NCc1cccc(Cl)c1. The summed E-state index contributed by atoms with van der Waals surface area (Å²) in [5, 5.41) is 6.87. The van der Waals surface area contributed by atoms with Crippen LogP contribution in [0.4, 0.5) is 0 Å². The van der Waals surface area contributed by atoms with Gasteiger partial charge in [-0.05, 0) is 36.6 Å². The highest BCUT2D eigenvalue weighted by Crippen LogP contribution is 2.22. The molecule has 2 aliphatic rings. The number of nitrogens with zero attached hydrogens (tertiary/aromatic N) is 1. The van der Waals surface area contributed by atoms with Crippen molar-refractivity contribution >= 4 is 35.2 Å². The lowest BCUT2D eigenvalue weighted by atomic mass is 10.0. The molecule has 0 saturated carbocycles. The number of thioether (sulfide) groups is 1. The molecule has 2 aliphatic heterocycles. The Morgan fingerprint density at radius 3 is 3.04 bits per heavy atom. The molecule has 2 atom stereocenters. The molecule has 24 heavy (non-hydrogen) atoms. The minimum Gasteiger partial charge on any atom is -0.352 e. The number of carbonyl (C=O) groups excluding carboxylic acids is 2. The number of hydrogen-bond acceptors (Lipinski definition) is 4. The summed E-state index contributed by atoms with van der Waals surface area (Å²) in [6.07, 6.45) is 1.19. The van der Waals surface area contributed by atoms with Crippen molar-refractivity contribution in [3.63, 3.8) is 0 Å². The number of amides is 2. The van der Waals surface area contributed by atoms with Crippen LogP contribution >= 0.6 is 23.4 Å². The van der Waals surface area contributed by atoms with E-state index in [4.69, 9.17) is 11.6 Å². The molecule has 0 aromatic heterocycles. The second kappa shape index (κ2) is 8.23. The molecule has 3 rings (SSSR count). The first kappa shape index (κ1) is 17.6. The topological polar surface area (TPSA) is 61.4 Å². The predicted octanol–water partition coefficient (Wildman–Crippen LogP) is 1.86. The van der Waals surface area contributed by atoms with Gasteiger partial charge in [-0.1, -0.05) is 23.7 Å². The van der Waals surface area contributed by atoms with E-state index in [2.05, 4.69) is 10.6 Å². The van der Waals surface area contributed by atoms with E-state index >= 15 is 0 Å². The molecule has 2 saturated heterocycles. The number of halogens is 1. The lowest BCUT2D eigenvalue weighted by molar-refractivity contribution is -0.131. The smallest absolute Gasteiger partial charge is 0.240 e. The van der Waals surface area contributed by atoms with Gasteiger partial charge in [0.05, 0.1) is 11.9 Å². The minimum absolute atomic E-state index is 0.0200. The van der Waals surface area contributed by atoms with Crippen LogP contribution in [0.5, 0.6) is 0 Å². The summed E-state index contributed by atoms with van der Waals surface area (Å²) in [6.45, 7) is 2.04. The lowest BCUT2D eigenvalue weighted by Gasteiger charge is -2.19. The third-order valence-electron chi connectivity index (χ3n) is 4.44. The Kier molecular flexibility index (Phi) is 6.03. The Balaban J connectivity index is 1.41. The third-order valence-corrected chi connectivity index (χ3v) is 5.64. The normalized spacial score (nSPS) is 23.5. The average Bonchev–Trinajstić information content (AvgIpc) is 3.24. The van der Waals surface area contributed by atoms with Crippen LogP contribution in [-0.4, -0.2) is 47.5 Å². The Bertz CT molecular complexity index is 607. The van der Waals surface area contributed by atoms with Crippen molar-refractivity contribution in [1.82, 2.24) is 15.5 Å². The molecule has 0 radical (unpaired) electrons. The molecular formula is C17H22ClN3O2S. The fourth-order valence-corrected chi connectivity index (χ4v) is 4.31. The largest absolute Gasteiger partial charge is 0.352 e. The van der Waals surface area contributed by atoms with Crippen LogP contribution in [0.2, 0.25) is 5.02 Å². The first-order valence-corrected chi connectivity index (χ1v) is 9.76. The summed E-state index contributed by atoms with van der Waals surface area (Å²) in [5.41, 5.74) is 0.986. The second-order valence-electron chi connectivity index (χ2n) is 6.31. The maximum absolute atomic E-state index is 12.4.